The van der Waals surface area contributed by atoms with Crippen molar-refractivity contribution in [1.82, 2.24) is 5.48 Å². The molecule has 0 aromatic carbocycles. The van der Waals surface area contributed by atoms with E-state index in [-0.39, 0.29) is 17.9 Å². The Balaban J connectivity index is 2.47. The van der Waals surface area contributed by atoms with Crippen LogP contribution in [0.2, 0.25) is 0 Å². The van der Waals surface area contributed by atoms with Gasteiger partial charge < -0.3 is 5.73 Å². The molecule has 1 fully saturated rings. The van der Waals surface area contributed by atoms with Gasteiger partial charge in [-0.05, 0) is 12.8 Å². The van der Waals surface area contributed by atoms with Crippen LogP contribution in [-0.2, 0) is 4.79 Å². The molecule has 1 saturated carbocycles. The number of hydrogen-bond donors (Lipinski definition) is 3. The first-order valence-electron chi connectivity index (χ1n) is 3.95. The van der Waals surface area contributed by atoms with E-state index in [0.29, 0.717) is 0 Å². The van der Waals surface area contributed by atoms with E-state index in [0.717, 1.165) is 25.7 Å². The minimum absolute atomic E-state index is 0.0732. The lowest BCUT2D eigenvalue weighted by molar-refractivity contribution is -0.134. The quantitative estimate of drug-likeness (QED) is 0.371. The van der Waals surface area contributed by atoms with Gasteiger partial charge in [0.25, 0.3) is 0 Å². The van der Waals surface area contributed by atoms with Crippen LogP contribution in [0.1, 0.15) is 25.7 Å². The van der Waals surface area contributed by atoms with E-state index >= 15 is 0 Å². The summed E-state index contributed by atoms with van der Waals surface area (Å²) in [6.07, 6.45) is 3.81. The molecule has 1 amide bonds. The standard InChI is InChI=1S/C7H14N2O2/c8-6-4-2-1-3-5(6)7(10)9-11/h5-6,11H,1-4,8H2,(H,9,10). The van der Waals surface area contributed by atoms with Gasteiger partial charge in [0.15, 0.2) is 0 Å². The zero-order chi connectivity index (χ0) is 8.27. The van der Waals surface area contributed by atoms with Crippen LogP contribution >= 0.6 is 0 Å². The van der Waals surface area contributed by atoms with Crippen molar-refractivity contribution in [2.24, 2.45) is 11.7 Å². The predicted molar refractivity (Wildman–Crippen MR) is 39.9 cm³/mol. The van der Waals surface area contributed by atoms with Gasteiger partial charge in [-0.2, -0.15) is 0 Å². The summed E-state index contributed by atoms with van der Waals surface area (Å²) < 4.78 is 0. The van der Waals surface area contributed by atoms with Crippen LogP contribution in [0.15, 0.2) is 0 Å². The summed E-state index contributed by atoms with van der Waals surface area (Å²) in [7, 11) is 0. The maximum atomic E-state index is 10.9. The van der Waals surface area contributed by atoms with E-state index in [1.165, 1.54) is 0 Å². The number of hydroxylamine groups is 1. The number of nitrogens with one attached hydrogen (secondary N) is 1. The first-order valence-corrected chi connectivity index (χ1v) is 3.95. The van der Waals surface area contributed by atoms with Gasteiger partial charge in [-0.25, -0.2) is 5.48 Å². The maximum absolute atomic E-state index is 10.9. The van der Waals surface area contributed by atoms with Crippen molar-refractivity contribution >= 4 is 5.91 Å². The van der Waals surface area contributed by atoms with Crippen molar-refractivity contribution in [1.29, 1.82) is 0 Å². The fourth-order valence-corrected chi connectivity index (χ4v) is 1.57. The first-order chi connectivity index (χ1) is 5.25. The second-order valence-electron chi connectivity index (χ2n) is 3.03. The minimum Gasteiger partial charge on any atom is -0.327 e. The molecule has 0 spiro atoms. The summed E-state index contributed by atoms with van der Waals surface area (Å²) in [6.45, 7) is 0. The van der Waals surface area contributed by atoms with E-state index in [1.54, 1.807) is 5.48 Å². The Hall–Kier alpha value is -0.610. The number of carbonyl (C=O) groups is 1. The molecule has 0 radical (unpaired) electrons. The number of amides is 1. The molecular formula is C7H14N2O2. The molecule has 0 heterocycles. The van der Waals surface area contributed by atoms with Crippen molar-refractivity contribution in [2.45, 2.75) is 31.7 Å². The Morgan fingerprint density at radius 3 is 2.64 bits per heavy atom. The van der Waals surface area contributed by atoms with Crippen LogP contribution in [0.3, 0.4) is 0 Å². The van der Waals surface area contributed by atoms with E-state index < -0.39 is 0 Å². The third kappa shape index (κ3) is 1.91. The molecule has 0 aromatic heterocycles. The highest BCUT2D eigenvalue weighted by Crippen LogP contribution is 2.22. The Labute approximate surface area is 65.7 Å². The van der Waals surface area contributed by atoms with Crippen molar-refractivity contribution in [3.8, 4) is 0 Å². The molecule has 0 aromatic rings. The lowest BCUT2D eigenvalue weighted by atomic mass is 9.85. The fourth-order valence-electron chi connectivity index (χ4n) is 1.57. The van der Waals surface area contributed by atoms with Crippen LogP contribution in [-0.4, -0.2) is 17.2 Å². The summed E-state index contributed by atoms with van der Waals surface area (Å²) in [5, 5.41) is 8.35. The average molecular weight is 158 g/mol. The number of carbonyl (C=O) groups excluding carboxylic acids is 1. The lowest BCUT2D eigenvalue weighted by Gasteiger charge is -2.26. The van der Waals surface area contributed by atoms with Gasteiger partial charge in [0.1, 0.15) is 0 Å². The van der Waals surface area contributed by atoms with Crippen LogP contribution in [0, 0.1) is 5.92 Å². The molecule has 1 aliphatic carbocycles. The lowest BCUT2D eigenvalue weighted by Crippen LogP contribution is -2.42. The molecule has 0 saturated heterocycles. The highest BCUT2D eigenvalue weighted by Gasteiger charge is 2.27. The van der Waals surface area contributed by atoms with E-state index in [2.05, 4.69) is 0 Å². The second-order valence-corrected chi connectivity index (χ2v) is 3.03. The Morgan fingerprint density at radius 1 is 1.45 bits per heavy atom. The van der Waals surface area contributed by atoms with Crippen molar-refractivity contribution in [3.05, 3.63) is 0 Å². The van der Waals surface area contributed by atoms with Crippen LogP contribution in [0.5, 0.6) is 0 Å². The highest BCUT2D eigenvalue weighted by atomic mass is 16.5. The van der Waals surface area contributed by atoms with E-state index in [1.807, 2.05) is 0 Å². The topological polar surface area (TPSA) is 75.4 Å². The van der Waals surface area contributed by atoms with Crippen molar-refractivity contribution < 1.29 is 10.0 Å². The second kappa shape index (κ2) is 3.69. The van der Waals surface area contributed by atoms with Gasteiger partial charge in [-0.1, -0.05) is 12.8 Å². The smallest absolute Gasteiger partial charge is 0.248 e. The molecule has 64 valence electrons. The normalized spacial score (nSPS) is 31.5. The van der Waals surface area contributed by atoms with Crippen molar-refractivity contribution in [3.63, 3.8) is 0 Å². The molecule has 0 bridgehead atoms. The number of nitrogens with two attached hydrogens (primary N) is 1. The van der Waals surface area contributed by atoms with Gasteiger partial charge in [0, 0.05) is 6.04 Å². The molecule has 1 rings (SSSR count). The molecule has 4 N–H and O–H groups in total. The van der Waals surface area contributed by atoms with Gasteiger partial charge in [0.05, 0.1) is 5.92 Å². The van der Waals surface area contributed by atoms with Crippen LogP contribution in [0.25, 0.3) is 0 Å². The average Bonchev–Trinajstić information content (AvgIpc) is 2.04. The summed E-state index contributed by atoms with van der Waals surface area (Å²) in [5.41, 5.74) is 7.33. The SMILES string of the molecule is NC1CCCCC1C(=O)NO. The number of hydrogen-bond acceptors (Lipinski definition) is 3. The molecule has 0 aliphatic heterocycles. The van der Waals surface area contributed by atoms with Crippen LogP contribution in [0.4, 0.5) is 0 Å². The summed E-state index contributed by atoms with van der Waals surface area (Å²) in [4.78, 5) is 10.9. The van der Waals surface area contributed by atoms with Crippen molar-refractivity contribution in [2.75, 3.05) is 0 Å². The molecule has 4 nitrogen and oxygen atoms in total. The molecular weight excluding hydrogens is 144 g/mol. The van der Waals surface area contributed by atoms with E-state index in [4.69, 9.17) is 10.9 Å². The zero-order valence-corrected chi connectivity index (χ0v) is 6.42. The maximum Gasteiger partial charge on any atom is 0.248 e. The summed E-state index contributed by atoms with van der Waals surface area (Å²) >= 11 is 0. The molecule has 4 heteroatoms. The minimum atomic E-state index is -0.336. The van der Waals surface area contributed by atoms with Gasteiger partial charge in [0.2, 0.25) is 5.91 Å². The monoisotopic (exact) mass is 158 g/mol. The Morgan fingerprint density at radius 2 is 2.09 bits per heavy atom. The van der Waals surface area contributed by atoms with Gasteiger partial charge in [-0.3, -0.25) is 10.0 Å². The predicted octanol–water partition coefficient (Wildman–Crippen LogP) is 0.00930. The summed E-state index contributed by atoms with van der Waals surface area (Å²) in [6, 6.07) is -0.0732. The third-order valence-electron chi connectivity index (χ3n) is 2.27. The molecule has 2 atom stereocenters. The Kier molecular flexibility index (Phi) is 2.84. The van der Waals surface area contributed by atoms with Crippen LogP contribution < -0.4 is 11.2 Å². The molecule has 11 heavy (non-hydrogen) atoms. The molecule has 2 unspecified atom stereocenters. The summed E-state index contributed by atoms with van der Waals surface area (Å²) in [5.74, 6) is -0.522. The third-order valence-corrected chi connectivity index (χ3v) is 2.27. The fraction of sp³-hybridized carbons (Fsp3) is 0.857. The first kappa shape index (κ1) is 8.49. The van der Waals surface area contributed by atoms with Gasteiger partial charge in [-0.15, -0.1) is 0 Å². The van der Waals surface area contributed by atoms with E-state index in [9.17, 15) is 4.79 Å². The Bertz CT molecular complexity index is 149. The zero-order valence-electron chi connectivity index (χ0n) is 6.42. The highest BCUT2D eigenvalue weighted by molar-refractivity contribution is 5.78. The van der Waals surface area contributed by atoms with Gasteiger partial charge >= 0.3 is 0 Å². The molecule has 1 aliphatic rings. The number of rotatable bonds is 1. The largest absolute Gasteiger partial charge is 0.327 e.